The predicted molar refractivity (Wildman–Crippen MR) is 111 cm³/mol. The summed E-state index contributed by atoms with van der Waals surface area (Å²) in [5, 5.41) is 2.91. The molecule has 148 valence electrons. The van der Waals surface area contributed by atoms with E-state index in [1.165, 1.54) is 26.4 Å². The fourth-order valence-corrected chi connectivity index (χ4v) is 3.96. The molecule has 0 spiro atoms. The quantitative estimate of drug-likeness (QED) is 0.582. The molecule has 0 heterocycles. The summed E-state index contributed by atoms with van der Waals surface area (Å²) < 4.78 is 4.95. The number of methoxy groups -OCH3 is 1. The Morgan fingerprint density at radius 3 is 2.50 bits per heavy atom. The van der Waals surface area contributed by atoms with Gasteiger partial charge in [-0.15, -0.1) is 0 Å². The van der Waals surface area contributed by atoms with Gasteiger partial charge in [-0.1, -0.05) is 62.4 Å². The second-order valence-electron chi connectivity index (χ2n) is 7.46. The first-order chi connectivity index (χ1) is 13.6. The number of ether oxygens (including phenoxy) is 1. The minimum Gasteiger partial charge on any atom is -0.467 e. The summed E-state index contributed by atoms with van der Waals surface area (Å²) in [5.41, 5.74) is 8.69. The molecule has 0 aliphatic heterocycles. The van der Waals surface area contributed by atoms with Gasteiger partial charge >= 0.3 is 5.97 Å². The summed E-state index contributed by atoms with van der Waals surface area (Å²) in [6.07, 6.45) is 6.43. The topological polar surface area (TPSA) is 81.4 Å². The molecular weight excluding hydrogens is 352 g/mol. The van der Waals surface area contributed by atoms with Crippen LogP contribution in [0.25, 0.3) is 11.1 Å². The lowest BCUT2D eigenvalue weighted by Crippen LogP contribution is -2.43. The van der Waals surface area contributed by atoms with Crippen LogP contribution in [0.1, 0.15) is 48.9 Å². The lowest BCUT2D eigenvalue weighted by molar-refractivity contribution is -0.143. The minimum atomic E-state index is -0.637. The van der Waals surface area contributed by atoms with Gasteiger partial charge in [0.15, 0.2) is 0 Å². The number of anilines is 1. The van der Waals surface area contributed by atoms with Crippen LogP contribution in [0.2, 0.25) is 0 Å². The van der Waals surface area contributed by atoms with Crippen LogP contribution in [0, 0.1) is 5.92 Å². The van der Waals surface area contributed by atoms with Gasteiger partial charge in [-0.25, -0.2) is 4.79 Å². The molecule has 1 amide bonds. The van der Waals surface area contributed by atoms with Gasteiger partial charge in [0.2, 0.25) is 0 Å². The van der Waals surface area contributed by atoms with E-state index >= 15 is 0 Å². The van der Waals surface area contributed by atoms with E-state index in [2.05, 4.69) is 5.32 Å². The van der Waals surface area contributed by atoms with Crippen molar-refractivity contribution in [2.45, 2.75) is 44.6 Å². The highest BCUT2D eigenvalue weighted by Gasteiger charge is 2.27. The molecular formula is C23H28N2O3. The van der Waals surface area contributed by atoms with E-state index < -0.39 is 12.0 Å². The average molecular weight is 380 g/mol. The molecule has 1 fully saturated rings. The highest BCUT2D eigenvalue weighted by Crippen LogP contribution is 2.29. The molecule has 28 heavy (non-hydrogen) atoms. The molecule has 0 aromatic heterocycles. The Balaban J connectivity index is 1.82. The molecule has 0 saturated heterocycles. The normalized spacial score (nSPS) is 15.6. The predicted octanol–water partition coefficient (Wildman–Crippen LogP) is 4.18. The maximum Gasteiger partial charge on any atom is 0.328 e. The van der Waals surface area contributed by atoms with Crippen LogP contribution in [0.15, 0.2) is 48.5 Å². The number of amides is 1. The van der Waals surface area contributed by atoms with E-state index in [1.54, 1.807) is 18.2 Å². The number of rotatable bonds is 6. The van der Waals surface area contributed by atoms with Crippen molar-refractivity contribution in [3.8, 4) is 11.1 Å². The van der Waals surface area contributed by atoms with Crippen molar-refractivity contribution >= 4 is 17.6 Å². The molecule has 3 rings (SSSR count). The third-order valence-electron chi connectivity index (χ3n) is 5.46. The summed E-state index contributed by atoms with van der Waals surface area (Å²) in [7, 11) is 1.36. The fourth-order valence-electron chi connectivity index (χ4n) is 3.96. The maximum absolute atomic E-state index is 13.1. The van der Waals surface area contributed by atoms with Crippen LogP contribution >= 0.6 is 0 Å². The summed E-state index contributed by atoms with van der Waals surface area (Å²) >= 11 is 0. The zero-order valence-electron chi connectivity index (χ0n) is 16.3. The zero-order chi connectivity index (χ0) is 19.9. The number of carbonyl (C=O) groups excluding carboxylic acids is 2. The van der Waals surface area contributed by atoms with E-state index in [1.807, 2.05) is 30.3 Å². The molecule has 1 aliphatic carbocycles. The summed E-state index contributed by atoms with van der Waals surface area (Å²) in [6.45, 7) is 0. The monoisotopic (exact) mass is 380 g/mol. The van der Waals surface area contributed by atoms with Crippen LogP contribution in [0.5, 0.6) is 0 Å². The average Bonchev–Trinajstić information content (AvgIpc) is 2.74. The third-order valence-corrected chi connectivity index (χ3v) is 5.46. The Morgan fingerprint density at radius 2 is 1.82 bits per heavy atom. The van der Waals surface area contributed by atoms with E-state index in [4.69, 9.17) is 10.5 Å². The lowest BCUT2D eigenvalue weighted by Gasteiger charge is -2.26. The zero-order valence-corrected chi connectivity index (χ0v) is 16.3. The van der Waals surface area contributed by atoms with Crippen molar-refractivity contribution in [3.05, 3.63) is 54.1 Å². The van der Waals surface area contributed by atoms with Crippen molar-refractivity contribution in [1.82, 2.24) is 5.32 Å². The second kappa shape index (κ2) is 9.40. The highest BCUT2D eigenvalue weighted by atomic mass is 16.5. The minimum absolute atomic E-state index is 0.287. The Morgan fingerprint density at radius 1 is 1.11 bits per heavy atom. The van der Waals surface area contributed by atoms with Crippen LogP contribution in [-0.4, -0.2) is 25.0 Å². The van der Waals surface area contributed by atoms with Crippen molar-refractivity contribution < 1.29 is 14.3 Å². The van der Waals surface area contributed by atoms with Crippen LogP contribution in [0.3, 0.4) is 0 Å². The first kappa shape index (κ1) is 19.9. The SMILES string of the molecule is COC(=O)[C@H](CC1CCCCC1)NC(=O)c1ccc(N)cc1-c1ccccc1. The second-order valence-corrected chi connectivity index (χ2v) is 7.46. The summed E-state index contributed by atoms with van der Waals surface area (Å²) in [6, 6.07) is 14.2. The van der Waals surface area contributed by atoms with Crippen molar-refractivity contribution in [2.24, 2.45) is 5.92 Å². The van der Waals surface area contributed by atoms with E-state index in [9.17, 15) is 9.59 Å². The first-order valence-electron chi connectivity index (χ1n) is 9.92. The van der Waals surface area contributed by atoms with Crippen molar-refractivity contribution in [1.29, 1.82) is 0 Å². The number of esters is 1. The van der Waals surface area contributed by atoms with Gasteiger partial charge in [0.25, 0.3) is 5.91 Å². The van der Waals surface area contributed by atoms with Crippen LogP contribution < -0.4 is 11.1 Å². The van der Waals surface area contributed by atoms with Gasteiger partial charge in [0, 0.05) is 11.3 Å². The molecule has 1 atom stereocenters. The fraction of sp³-hybridized carbons (Fsp3) is 0.391. The summed E-state index contributed by atoms with van der Waals surface area (Å²) in [5.74, 6) is -0.237. The Bertz CT molecular complexity index is 814. The van der Waals surface area contributed by atoms with Gasteiger partial charge < -0.3 is 15.8 Å². The standard InChI is InChI=1S/C23H28N2O3/c1-28-23(27)21(14-16-8-4-2-5-9-16)25-22(26)19-13-12-18(24)15-20(19)17-10-6-3-7-11-17/h3,6-7,10-13,15-16,21H,2,4-5,8-9,14,24H2,1H3,(H,25,26)/t21-/m0/s1. The number of nitrogens with two attached hydrogens (primary N) is 1. The molecule has 3 N–H and O–H groups in total. The third kappa shape index (κ3) is 4.91. The molecule has 5 heteroatoms. The van der Waals surface area contributed by atoms with Crippen molar-refractivity contribution in [3.63, 3.8) is 0 Å². The van der Waals surface area contributed by atoms with Gasteiger partial charge in [-0.05, 0) is 41.7 Å². The Kier molecular flexibility index (Phi) is 6.69. The first-order valence-corrected chi connectivity index (χ1v) is 9.92. The highest BCUT2D eigenvalue weighted by molar-refractivity contribution is 6.03. The molecule has 0 radical (unpaired) electrons. The van der Waals surface area contributed by atoms with Crippen LogP contribution in [-0.2, 0) is 9.53 Å². The largest absolute Gasteiger partial charge is 0.467 e. The molecule has 0 unspecified atom stereocenters. The molecule has 0 bridgehead atoms. The number of benzene rings is 2. The number of carbonyl (C=O) groups is 2. The Hall–Kier alpha value is -2.82. The number of hydrogen-bond donors (Lipinski definition) is 2. The van der Waals surface area contributed by atoms with E-state index in [0.29, 0.717) is 23.6 Å². The smallest absolute Gasteiger partial charge is 0.328 e. The van der Waals surface area contributed by atoms with E-state index in [-0.39, 0.29) is 5.91 Å². The number of nitrogen functional groups attached to an aromatic ring is 1. The molecule has 5 nitrogen and oxygen atoms in total. The molecule has 2 aromatic carbocycles. The summed E-state index contributed by atoms with van der Waals surface area (Å²) in [4.78, 5) is 25.4. The molecule has 1 saturated carbocycles. The van der Waals surface area contributed by atoms with Gasteiger partial charge in [0.1, 0.15) is 6.04 Å². The Labute approximate surface area is 166 Å². The lowest BCUT2D eigenvalue weighted by atomic mass is 9.84. The van der Waals surface area contributed by atoms with Gasteiger partial charge in [0.05, 0.1) is 7.11 Å². The van der Waals surface area contributed by atoms with Crippen LogP contribution in [0.4, 0.5) is 5.69 Å². The van der Waals surface area contributed by atoms with Gasteiger partial charge in [-0.3, -0.25) is 4.79 Å². The maximum atomic E-state index is 13.1. The molecule has 1 aliphatic rings. The van der Waals surface area contributed by atoms with E-state index in [0.717, 1.165) is 24.0 Å². The molecule has 2 aromatic rings. The number of hydrogen-bond acceptors (Lipinski definition) is 4. The number of nitrogens with one attached hydrogen (secondary N) is 1. The van der Waals surface area contributed by atoms with Gasteiger partial charge in [-0.2, -0.15) is 0 Å². The van der Waals surface area contributed by atoms with Crippen molar-refractivity contribution in [2.75, 3.05) is 12.8 Å².